The quantitative estimate of drug-likeness (QED) is 0.877. The summed E-state index contributed by atoms with van der Waals surface area (Å²) in [5, 5.41) is 3.63. The van der Waals surface area contributed by atoms with Crippen LogP contribution < -0.4 is 16.0 Å². The van der Waals surface area contributed by atoms with Gasteiger partial charge < -0.3 is 16.0 Å². The van der Waals surface area contributed by atoms with Gasteiger partial charge in [-0.15, -0.1) is 0 Å². The summed E-state index contributed by atoms with van der Waals surface area (Å²) in [5.41, 5.74) is 6.84. The number of halogens is 1. The second-order valence-electron chi connectivity index (χ2n) is 5.23. The van der Waals surface area contributed by atoms with E-state index in [0.717, 1.165) is 38.0 Å². The van der Waals surface area contributed by atoms with E-state index < -0.39 is 5.91 Å². The second kappa shape index (κ2) is 6.95. The molecule has 3 N–H and O–H groups in total. The van der Waals surface area contributed by atoms with Gasteiger partial charge in [-0.25, -0.2) is 0 Å². The molecule has 5 heteroatoms. The molecule has 1 saturated heterocycles. The lowest BCUT2D eigenvalue weighted by Gasteiger charge is -2.38. The van der Waals surface area contributed by atoms with Crippen LogP contribution in [0.1, 0.15) is 36.0 Å². The maximum absolute atomic E-state index is 11.7. The van der Waals surface area contributed by atoms with Gasteiger partial charge >= 0.3 is 0 Å². The third-order valence-electron chi connectivity index (χ3n) is 3.90. The lowest BCUT2D eigenvalue weighted by Crippen LogP contribution is -2.42. The first-order chi connectivity index (χ1) is 9.65. The summed E-state index contributed by atoms with van der Waals surface area (Å²) in [7, 11) is 1.96. The van der Waals surface area contributed by atoms with Gasteiger partial charge in [-0.3, -0.25) is 4.79 Å². The Hall–Kier alpha value is -1.26. The molecule has 1 atom stereocenters. The fraction of sp³-hybridized carbons (Fsp3) is 0.533. The van der Waals surface area contributed by atoms with Gasteiger partial charge in [0.2, 0.25) is 0 Å². The zero-order valence-corrected chi connectivity index (χ0v) is 12.6. The molecule has 1 fully saturated rings. The molecule has 1 aromatic rings. The van der Waals surface area contributed by atoms with Gasteiger partial charge in [0.1, 0.15) is 0 Å². The van der Waals surface area contributed by atoms with E-state index in [1.807, 2.05) is 19.2 Å². The molecule has 0 saturated carbocycles. The van der Waals surface area contributed by atoms with E-state index in [1.54, 1.807) is 6.07 Å². The van der Waals surface area contributed by atoms with Crippen molar-refractivity contribution in [2.45, 2.75) is 31.7 Å². The van der Waals surface area contributed by atoms with Crippen molar-refractivity contribution >= 4 is 23.2 Å². The van der Waals surface area contributed by atoms with E-state index in [-0.39, 0.29) is 0 Å². The molecule has 1 aliphatic rings. The third-order valence-corrected chi connectivity index (χ3v) is 4.22. The van der Waals surface area contributed by atoms with Gasteiger partial charge in [0, 0.05) is 12.6 Å². The standard InChI is InChI=1S/C15H22ClN3O/c1-18-9-8-11-5-2-3-10-19(11)13-7-4-6-12(16)14(13)15(17)20/h4,6-7,11,18H,2-3,5,8-10H2,1H3,(H2,17,20). The minimum atomic E-state index is -0.455. The Morgan fingerprint density at radius 2 is 2.30 bits per heavy atom. The second-order valence-corrected chi connectivity index (χ2v) is 5.64. The number of anilines is 1. The zero-order chi connectivity index (χ0) is 14.5. The number of benzene rings is 1. The lowest BCUT2D eigenvalue weighted by atomic mass is 9.97. The van der Waals surface area contributed by atoms with Crippen LogP contribution >= 0.6 is 11.6 Å². The first-order valence-electron chi connectivity index (χ1n) is 7.14. The number of hydrogen-bond acceptors (Lipinski definition) is 3. The van der Waals surface area contributed by atoms with Crippen molar-refractivity contribution in [3.05, 3.63) is 28.8 Å². The van der Waals surface area contributed by atoms with Gasteiger partial charge in [-0.2, -0.15) is 0 Å². The van der Waals surface area contributed by atoms with E-state index in [1.165, 1.54) is 6.42 Å². The summed E-state index contributed by atoms with van der Waals surface area (Å²) in [6.45, 7) is 1.92. The number of primary amides is 1. The summed E-state index contributed by atoms with van der Waals surface area (Å²) in [6, 6.07) is 5.99. The van der Waals surface area contributed by atoms with E-state index in [2.05, 4.69) is 10.2 Å². The zero-order valence-electron chi connectivity index (χ0n) is 11.9. The number of piperidine rings is 1. The molecule has 4 nitrogen and oxygen atoms in total. The molecular weight excluding hydrogens is 274 g/mol. The maximum Gasteiger partial charge on any atom is 0.252 e. The number of rotatable bonds is 5. The Morgan fingerprint density at radius 3 is 3.00 bits per heavy atom. The van der Waals surface area contributed by atoms with Crippen molar-refractivity contribution in [3.8, 4) is 0 Å². The van der Waals surface area contributed by atoms with Gasteiger partial charge in [0.15, 0.2) is 0 Å². The van der Waals surface area contributed by atoms with Crippen LogP contribution in [0.15, 0.2) is 18.2 Å². The highest BCUT2D eigenvalue weighted by molar-refractivity contribution is 6.34. The summed E-state index contributed by atoms with van der Waals surface area (Å²) in [6.07, 6.45) is 4.58. The molecule has 0 spiro atoms. The van der Waals surface area contributed by atoms with Crippen molar-refractivity contribution in [1.29, 1.82) is 0 Å². The van der Waals surface area contributed by atoms with Crippen molar-refractivity contribution in [3.63, 3.8) is 0 Å². The first kappa shape index (κ1) is 15.1. The summed E-state index contributed by atoms with van der Waals surface area (Å²) >= 11 is 6.16. The SMILES string of the molecule is CNCCC1CCCCN1c1cccc(Cl)c1C(N)=O. The molecule has 1 amide bonds. The predicted molar refractivity (Wildman–Crippen MR) is 83.5 cm³/mol. The van der Waals surface area contributed by atoms with Crippen LogP contribution in [0, 0.1) is 0 Å². The Bertz CT molecular complexity index is 478. The third kappa shape index (κ3) is 3.25. The fourth-order valence-electron chi connectivity index (χ4n) is 2.92. The highest BCUT2D eigenvalue weighted by Gasteiger charge is 2.26. The summed E-state index contributed by atoms with van der Waals surface area (Å²) < 4.78 is 0. The molecule has 0 aromatic heterocycles. The van der Waals surface area contributed by atoms with E-state index >= 15 is 0 Å². The highest BCUT2D eigenvalue weighted by atomic mass is 35.5. The molecule has 0 aliphatic carbocycles. The molecule has 1 unspecified atom stereocenters. The molecule has 0 radical (unpaired) electrons. The Morgan fingerprint density at radius 1 is 1.50 bits per heavy atom. The van der Waals surface area contributed by atoms with Gasteiger partial charge in [-0.1, -0.05) is 17.7 Å². The lowest BCUT2D eigenvalue weighted by molar-refractivity contribution is 0.100. The van der Waals surface area contributed by atoms with Crippen molar-refractivity contribution < 1.29 is 4.79 Å². The van der Waals surface area contributed by atoms with Crippen LogP contribution in [0.4, 0.5) is 5.69 Å². The summed E-state index contributed by atoms with van der Waals surface area (Å²) in [4.78, 5) is 14.0. The van der Waals surface area contributed by atoms with Gasteiger partial charge in [0.25, 0.3) is 5.91 Å². The molecule has 2 rings (SSSR count). The molecule has 1 aromatic carbocycles. The first-order valence-corrected chi connectivity index (χ1v) is 7.52. The van der Waals surface area contributed by atoms with E-state index in [4.69, 9.17) is 17.3 Å². The maximum atomic E-state index is 11.7. The molecular formula is C15H22ClN3O. The Kier molecular flexibility index (Phi) is 5.26. The molecule has 110 valence electrons. The highest BCUT2D eigenvalue weighted by Crippen LogP contribution is 2.32. The van der Waals surface area contributed by atoms with E-state index in [9.17, 15) is 4.79 Å². The van der Waals surface area contributed by atoms with E-state index in [0.29, 0.717) is 16.6 Å². The van der Waals surface area contributed by atoms with Crippen molar-refractivity contribution in [2.75, 3.05) is 25.0 Å². The Balaban J connectivity index is 2.32. The smallest absolute Gasteiger partial charge is 0.252 e. The molecule has 1 heterocycles. The number of hydrogen-bond donors (Lipinski definition) is 2. The summed E-state index contributed by atoms with van der Waals surface area (Å²) in [5.74, 6) is -0.455. The largest absolute Gasteiger partial charge is 0.368 e. The average molecular weight is 296 g/mol. The molecule has 0 bridgehead atoms. The predicted octanol–water partition coefficient (Wildman–Crippen LogP) is 2.41. The Labute approximate surface area is 125 Å². The van der Waals surface area contributed by atoms with Crippen molar-refractivity contribution in [1.82, 2.24) is 5.32 Å². The number of carbonyl (C=O) groups excluding carboxylic acids is 1. The van der Waals surface area contributed by atoms with Crippen LogP contribution in [-0.4, -0.2) is 32.1 Å². The normalized spacial score (nSPS) is 19.1. The van der Waals surface area contributed by atoms with Crippen LogP contribution in [-0.2, 0) is 0 Å². The fourth-order valence-corrected chi connectivity index (χ4v) is 3.19. The number of carbonyl (C=O) groups is 1. The molecule has 20 heavy (non-hydrogen) atoms. The van der Waals surface area contributed by atoms with Gasteiger partial charge in [-0.05, 0) is 51.4 Å². The van der Waals surface area contributed by atoms with Crippen LogP contribution in [0.3, 0.4) is 0 Å². The molecule has 1 aliphatic heterocycles. The van der Waals surface area contributed by atoms with Crippen LogP contribution in [0.2, 0.25) is 5.02 Å². The number of nitrogens with two attached hydrogens (primary N) is 1. The van der Waals surface area contributed by atoms with Crippen LogP contribution in [0.5, 0.6) is 0 Å². The topological polar surface area (TPSA) is 58.4 Å². The number of nitrogens with zero attached hydrogens (tertiary/aromatic N) is 1. The number of amides is 1. The average Bonchev–Trinajstić information content (AvgIpc) is 2.44. The van der Waals surface area contributed by atoms with Crippen LogP contribution in [0.25, 0.3) is 0 Å². The number of nitrogens with one attached hydrogen (secondary N) is 1. The minimum absolute atomic E-state index is 0.438. The van der Waals surface area contributed by atoms with Crippen molar-refractivity contribution in [2.24, 2.45) is 5.73 Å². The minimum Gasteiger partial charge on any atom is -0.368 e. The monoisotopic (exact) mass is 295 g/mol. The van der Waals surface area contributed by atoms with Gasteiger partial charge in [0.05, 0.1) is 16.3 Å².